The van der Waals surface area contributed by atoms with Crippen LogP contribution in [-0.2, 0) is 7.05 Å². The zero-order valence-corrected chi connectivity index (χ0v) is 21.6. The third-order valence-electron chi connectivity index (χ3n) is 6.46. The Morgan fingerprint density at radius 2 is 1.90 bits per heavy atom. The average molecular weight is 530 g/mol. The molecule has 1 amide bonds. The van der Waals surface area contributed by atoms with E-state index < -0.39 is 11.9 Å². The molecule has 0 saturated heterocycles. The lowest BCUT2D eigenvalue weighted by Crippen LogP contribution is -2.33. The largest absolute Gasteiger partial charge is 0.381 e. The van der Waals surface area contributed by atoms with E-state index in [1.165, 1.54) is 9.08 Å². The minimum Gasteiger partial charge on any atom is -0.381 e. The highest BCUT2D eigenvalue weighted by Gasteiger charge is 2.24. The number of imidazole rings is 1. The maximum Gasteiger partial charge on any atom is 0.267 e. The molecule has 2 aromatic carbocycles. The molecule has 4 heterocycles. The molecule has 40 heavy (non-hydrogen) atoms. The molecule has 0 aliphatic rings. The van der Waals surface area contributed by atoms with E-state index >= 15 is 0 Å². The fourth-order valence-corrected chi connectivity index (χ4v) is 4.53. The van der Waals surface area contributed by atoms with Gasteiger partial charge in [-0.3, -0.25) is 14.2 Å². The summed E-state index contributed by atoms with van der Waals surface area (Å²) in [6.07, 6.45) is 6.54. The van der Waals surface area contributed by atoms with Gasteiger partial charge in [-0.2, -0.15) is 0 Å². The Hall–Kier alpha value is -5.76. The molecule has 0 saturated carbocycles. The molecule has 3 N–H and O–H groups in total. The first-order valence-electron chi connectivity index (χ1n) is 12.4. The molecule has 0 bridgehead atoms. The number of fused-ring (bicyclic) bond motifs is 2. The Balaban J connectivity index is 1.48. The Morgan fingerprint density at radius 3 is 2.67 bits per heavy atom. The molecule has 11 heteroatoms. The molecule has 11 nitrogen and oxygen atoms in total. The molecule has 6 aromatic rings. The number of aryl methyl sites for hydroxylation is 1. The fourth-order valence-electron chi connectivity index (χ4n) is 4.53. The summed E-state index contributed by atoms with van der Waals surface area (Å²) < 4.78 is 4.74. The lowest BCUT2D eigenvalue weighted by molar-refractivity contribution is 0.0940. The summed E-state index contributed by atoms with van der Waals surface area (Å²) in [6.45, 7) is 1.76. The summed E-state index contributed by atoms with van der Waals surface area (Å²) in [5, 5.41) is 7.47. The molecule has 0 unspecified atom stereocenters. The molecule has 6 rings (SSSR count). The van der Waals surface area contributed by atoms with Gasteiger partial charge in [-0.25, -0.2) is 19.5 Å². The number of aromatic nitrogens is 7. The van der Waals surface area contributed by atoms with Crippen LogP contribution >= 0.6 is 0 Å². The van der Waals surface area contributed by atoms with Crippen molar-refractivity contribution in [1.29, 1.82) is 0 Å². The predicted molar refractivity (Wildman–Crippen MR) is 150 cm³/mol. The van der Waals surface area contributed by atoms with Crippen LogP contribution in [0.25, 0.3) is 22.2 Å². The number of nitrogens with two attached hydrogens (primary N) is 1. The van der Waals surface area contributed by atoms with Gasteiger partial charge in [0.05, 0.1) is 35.2 Å². The fraction of sp³-hybridized carbons (Fsp3) is 0.103. The van der Waals surface area contributed by atoms with Crippen LogP contribution in [0.5, 0.6) is 0 Å². The Kier molecular flexibility index (Phi) is 6.05. The van der Waals surface area contributed by atoms with Gasteiger partial charge in [0.1, 0.15) is 17.1 Å². The molecule has 0 aliphatic carbocycles. The number of benzene rings is 2. The Labute approximate surface area is 227 Å². The number of nitrogens with one attached hydrogen (secondary N) is 1. The molecule has 196 valence electrons. The van der Waals surface area contributed by atoms with Gasteiger partial charge in [0.25, 0.3) is 11.5 Å². The Morgan fingerprint density at radius 1 is 1.07 bits per heavy atom. The lowest BCUT2D eigenvalue weighted by Gasteiger charge is -2.20. The summed E-state index contributed by atoms with van der Waals surface area (Å²) >= 11 is 0. The Bertz CT molecular complexity index is 2030. The number of anilines is 1. The topological polar surface area (TPSA) is 138 Å². The second-order valence-corrected chi connectivity index (χ2v) is 9.13. The van der Waals surface area contributed by atoms with Crippen molar-refractivity contribution in [2.75, 3.05) is 5.73 Å². The number of para-hydroxylation sites is 1. The van der Waals surface area contributed by atoms with Gasteiger partial charge in [-0.1, -0.05) is 30.2 Å². The maximum absolute atomic E-state index is 14.1. The molecule has 1 atom stereocenters. The number of rotatable bonds is 4. The maximum atomic E-state index is 14.1. The molecule has 0 aliphatic heterocycles. The summed E-state index contributed by atoms with van der Waals surface area (Å²) in [6, 6.07) is 15.5. The number of amides is 1. The van der Waals surface area contributed by atoms with E-state index in [1.54, 1.807) is 60.7 Å². The van der Waals surface area contributed by atoms with Gasteiger partial charge < -0.3 is 15.6 Å². The third kappa shape index (κ3) is 4.23. The second kappa shape index (κ2) is 9.85. The van der Waals surface area contributed by atoms with Gasteiger partial charge in [0, 0.05) is 25.0 Å². The van der Waals surface area contributed by atoms with Crippen LogP contribution in [0.2, 0.25) is 0 Å². The molecule has 0 fully saturated rings. The molecule has 0 spiro atoms. The highest BCUT2D eigenvalue weighted by Crippen LogP contribution is 2.22. The first-order valence-corrected chi connectivity index (χ1v) is 12.4. The molecule has 0 radical (unpaired) electrons. The standard InChI is InChI=1S/C29H23N9O2/c1-18(33-28(39)24-25(30)35-37-15-7-14-32-27(24)37)26-34-22-11-6-8-19(12-13-21-16-31-17-36(21)2)23(22)29(40)38(26)20-9-4-3-5-10-20/h3-11,14-18H,1-2H3,(H2,30,35)(H,33,39)/t18-/m0/s1. The smallest absolute Gasteiger partial charge is 0.267 e. The van der Waals surface area contributed by atoms with Crippen LogP contribution < -0.4 is 16.6 Å². The summed E-state index contributed by atoms with van der Waals surface area (Å²) in [5.74, 6) is 6.10. The van der Waals surface area contributed by atoms with E-state index in [0.717, 1.165) is 0 Å². The SMILES string of the molecule is C[C@H](NC(=O)c1c(N)nn2cccnc12)c1nc2cccc(C#Cc3cncn3C)c2c(=O)n1-c1ccccc1. The van der Waals surface area contributed by atoms with E-state index in [0.29, 0.717) is 39.3 Å². The van der Waals surface area contributed by atoms with Crippen molar-refractivity contribution in [2.24, 2.45) is 7.05 Å². The first kappa shape index (κ1) is 24.6. The molecular formula is C29H23N9O2. The normalized spacial score (nSPS) is 11.8. The van der Waals surface area contributed by atoms with Gasteiger partial charge in [-0.15, -0.1) is 5.10 Å². The minimum absolute atomic E-state index is 0.0481. The second-order valence-electron chi connectivity index (χ2n) is 9.13. The highest BCUT2D eigenvalue weighted by atomic mass is 16.2. The number of carbonyl (C=O) groups is 1. The van der Waals surface area contributed by atoms with Crippen molar-refractivity contribution < 1.29 is 4.79 Å². The number of carbonyl (C=O) groups excluding carboxylic acids is 1. The van der Waals surface area contributed by atoms with E-state index in [-0.39, 0.29) is 16.9 Å². The van der Waals surface area contributed by atoms with E-state index in [1.807, 2.05) is 37.4 Å². The monoisotopic (exact) mass is 529 g/mol. The van der Waals surface area contributed by atoms with Crippen LogP contribution in [0, 0.1) is 11.8 Å². The van der Waals surface area contributed by atoms with Crippen LogP contribution in [0.15, 0.2) is 84.3 Å². The van der Waals surface area contributed by atoms with Crippen molar-refractivity contribution in [3.63, 3.8) is 0 Å². The van der Waals surface area contributed by atoms with E-state index in [2.05, 4.69) is 32.2 Å². The molecule has 4 aromatic heterocycles. The number of nitrogen functional groups attached to an aromatic ring is 1. The quantitative estimate of drug-likeness (QED) is 0.335. The van der Waals surface area contributed by atoms with Crippen LogP contribution in [0.3, 0.4) is 0 Å². The van der Waals surface area contributed by atoms with Crippen LogP contribution in [0.4, 0.5) is 5.82 Å². The van der Waals surface area contributed by atoms with Crippen LogP contribution in [0.1, 0.15) is 40.4 Å². The first-order chi connectivity index (χ1) is 19.4. The average Bonchev–Trinajstić information content (AvgIpc) is 3.53. The zero-order valence-electron chi connectivity index (χ0n) is 21.6. The van der Waals surface area contributed by atoms with Crippen molar-refractivity contribution in [3.05, 3.63) is 113 Å². The summed E-state index contributed by atoms with van der Waals surface area (Å²) in [4.78, 5) is 40.7. The van der Waals surface area contributed by atoms with Gasteiger partial charge in [0.2, 0.25) is 0 Å². The molecular weight excluding hydrogens is 506 g/mol. The van der Waals surface area contributed by atoms with Crippen molar-refractivity contribution in [3.8, 4) is 17.5 Å². The van der Waals surface area contributed by atoms with Gasteiger partial charge in [-0.05, 0) is 43.2 Å². The number of hydrogen-bond acceptors (Lipinski definition) is 7. The van der Waals surface area contributed by atoms with Crippen molar-refractivity contribution in [1.82, 2.24) is 39.0 Å². The van der Waals surface area contributed by atoms with Crippen molar-refractivity contribution >= 4 is 28.3 Å². The highest BCUT2D eigenvalue weighted by molar-refractivity contribution is 6.04. The van der Waals surface area contributed by atoms with Gasteiger partial charge in [0.15, 0.2) is 11.5 Å². The van der Waals surface area contributed by atoms with Gasteiger partial charge >= 0.3 is 0 Å². The third-order valence-corrected chi connectivity index (χ3v) is 6.46. The number of hydrogen-bond donors (Lipinski definition) is 2. The van der Waals surface area contributed by atoms with Crippen molar-refractivity contribution in [2.45, 2.75) is 13.0 Å². The van der Waals surface area contributed by atoms with Crippen LogP contribution in [-0.4, -0.2) is 39.6 Å². The minimum atomic E-state index is -0.688. The summed E-state index contributed by atoms with van der Waals surface area (Å²) in [5.41, 5.74) is 8.53. The predicted octanol–water partition coefficient (Wildman–Crippen LogP) is 2.63. The summed E-state index contributed by atoms with van der Waals surface area (Å²) in [7, 11) is 1.85. The van der Waals surface area contributed by atoms with E-state index in [9.17, 15) is 9.59 Å². The zero-order chi connectivity index (χ0) is 27.8. The lowest BCUT2D eigenvalue weighted by atomic mass is 10.1. The van der Waals surface area contributed by atoms with E-state index in [4.69, 9.17) is 10.7 Å². The number of nitrogens with zero attached hydrogens (tertiary/aromatic N) is 7.